The Balaban J connectivity index is 2.39. The number of nitrogens with zero attached hydrogens (tertiary/aromatic N) is 1. The maximum atomic E-state index is 11.8. The van der Waals surface area contributed by atoms with E-state index in [0.29, 0.717) is 18.5 Å². The molecule has 0 aliphatic carbocycles. The summed E-state index contributed by atoms with van der Waals surface area (Å²) in [6, 6.07) is 7.54. The quantitative estimate of drug-likeness (QED) is 0.136. The van der Waals surface area contributed by atoms with E-state index in [9.17, 15) is 14.7 Å². The second-order valence-electron chi connectivity index (χ2n) is 5.10. The molecule has 0 aliphatic rings. The second kappa shape index (κ2) is 10.2. The Morgan fingerprint density at radius 1 is 1.21 bits per heavy atom. The lowest BCUT2D eigenvalue weighted by Crippen LogP contribution is -2.48. The summed E-state index contributed by atoms with van der Waals surface area (Å²) in [4.78, 5) is 26.8. The standard InChI is InChI=1S/C15H23N5O4/c16-15(17)18-8-4-7-11(14(23)24)20-12(21)9-19-13(22)10-5-2-1-3-6-10/h1-3,5-6,11-12,20-21H,4,7-9H2,(H,19,22)(H,23,24)(H4,16,17,18). The van der Waals surface area contributed by atoms with Crippen LogP contribution in [0.1, 0.15) is 23.2 Å². The van der Waals surface area contributed by atoms with Crippen molar-refractivity contribution in [2.75, 3.05) is 13.1 Å². The van der Waals surface area contributed by atoms with Gasteiger partial charge in [-0.1, -0.05) is 18.2 Å². The van der Waals surface area contributed by atoms with Crippen LogP contribution in [0.3, 0.4) is 0 Å². The third-order valence-electron chi connectivity index (χ3n) is 3.13. The van der Waals surface area contributed by atoms with Gasteiger partial charge in [0.05, 0.1) is 6.54 Å². The zero-order chi connectivity index (χ0) is 17.9. The average molecular weight is 337 g/mol. The molecule has 0 saturated carbocycles. The van der Waals surface area contributed by atoms with Crippen molar-refractivity contribution in [1.82, 2.24) is 10.6 Å². The van der Waals surface area contributed by atoms with E-state index in [4.69, 9.17) is 16.6 Å². The molecular formula is C15H23N5O4. The average Bonchev–Trinajstić information content (AvgIpc) is 2.55. The van der Waals surface area contributed by atoms with Gasteiger partial charge in [-0.3, -0.25) is 19.9 Å². The molecule has 8 N–H and O–H groups in total. The van der Waals surface area contributed by atoms with Crippen LogP contribution in [0.25, 0.3) is 0 Å². The number of aliphatic hydroxyl groups is 1. The van der Waals surface area contributed by atoms with Crippen molar-refractivity contribution < 1.29 is 19.8 Å². The summed E-state index contributed by atoms with van der Waals surface area (Å²) in [5.74, 6) is -1.51. The Morgan fingerprint density at radius 3 is 2.46 bits per heavy atom. The summed E-state index contributed by atoms with van der Waals surface area (Å²) >= 11 is 0. The Bertz CT molecular complexity index is 560. The topological polar surface area (TPSA) is 163 Å². The smallest absolute Gasteiger partial charge is 0.320 e. The molecule has 0 fully saturated rings. The van der Waals surface area contributed by atoms with Crippen LogP contribution in [-0.2, 0) is 4.79 Å². The van der Waals surface area contributed by atoms with Crippen molar-refractivity contribution in [1.29, 1.82) is 0 Å². The van der Waals surface area contributed by atoms with Gasteiger partial charge in [-0.25, -0.2) is 0 Å². The summed E-state index contributed by atoms with van der Waals surface area (Å²) in [7, 11) is 0. The number of benzene rings is 1. The number of carbonyl (C=O) groups excluding carboxylic acids is 1. The van der Waals surface area contributed by atoms with E-state index in [1.54, 1.807) is 30.3 Å². The van der Waals surface area contributed by atoms with E-state index in [0.717, 1.165) is 0 Å². The molecule has 1 amide bonds. The van der Waals surface area contributed by atoms with Gasteiger partial charge in [-0.05, 0) is 25.0 Å². The highest BCUT2D eigenvalue weighted by Gasteiger charge is 2.20. The number of aliphatic hydroxyl groups excluding tert-OH is 1. The first-order valence-electron chi connectivity index (χ1n) is 7.45. The van der Waals surface area contributed by atoms with Gasteiger partial charge in [0.1, 0.15) is 12.3 Å². The summed E-state index contributed by atoms with van der Waals surface area (Å²) in [5.41, 5.74) is 10.8. The lowest BCUT2D eigenvalue weighted by molar-refractivity contribution is -0.140. The molecule has 0 heterocycles. The highest BCUT2D eigenvalue weighted by atomic mass is 16.4. The molecule has 0 aliphatic heterocycles. The van der Waals surface area contributed by atoms with Crippen LogP contribution in [0.15, 0.2) is 35.3 Å². The third kappa shape index (κ3) is 7.56. The lowest BCUT2D eigenvalue weighted by atomic mass is 10.1. The Kier molecular flexibility index (Phi) is 8.23. The fraction of sp³-hybridized carbons (Fsp3) is 0.400. The molecule has 24 heavy (non-hydrogen) atoms. The first-order chi connectivity index (χ1) is 11.4. The second-order valence-corrected chi connectivity index (χ2v) is 5.10. The molecule has 132 valence electrons. The fourth-order valence-electron chi connectivity index (χ4n) is 1.95. The van der Waals surface area contributed by atoms with Crippen LogP contribution < -0.4 is 22.1 Å². The van der Waals surface area contributed by atoms with E-state index in [2.05, 4.69) is 15.6 Å². The van der Waals surface area contributed by atoms with Crippen molar-refractivity contribution in [3.8, 4) is 0 Å². The van der Waals surface area contributed by atoms with Crippen LogP contribution in [0, 0.1) is 0 Å². The first kappa shape index (κ1) is 19.4. The molecular weight excluding hydrogens is 314 g/mol. The van der Waals surface area contributed by atoms with Gasteiger partial charge in [0.15, 0.2) is 5.96 Å². The molecule has 0 bridgehead atoms. The zero-order valence-electron chi connectivity index (χ0n) is 13.2. The number of rotatable bonds is 10. The Hall–Kier alpha value is -2.65. The number of nitrogens with one attached hydrogen (secondary N) is 2. The largest absolute Gasteiger partial charge is 0.480 e. The van der Waals surface area contributed by atoms with E-state index >= 15 is 0 Å². The molecule has 0 aromatic heterocycles. The molecule has 0 saturated heterocycles. The van der Waals surface area contributed by atoms with Gasteiger partial charge in [0.25, 0.3) is 5.91 Å². The molecule has 2 atom stereocenters. The predicted octanol–water partition coefficient (Wildman–Crippen LogP) is -1.17. The van der Waals surface area contributed by atoms with Gasteiger partial charge in [0.2, 0.25) is 0 Å². The number of nitrogens with two attached hydrogens (primary N) is 2. The summed E-state index contributed by atoms with van der Waals surface area (Å²) in [6.07, 6.45) is -0.525. The van der Waals surface area contributed by atoms with Crippen LogP contribution in [0.5, 0.6) is 0 Å². The molecule has 0 radical (unpaired) electrons. The molecule has 1 rings (SSSR count). The molecule has 9 nitrogen and oxygen atoms in total. The summed E-state index contributed by atoms with van der Waals surface area (Å²) < 4.78 is 0. The molecule has 1 aromatic carbocycles. The number of carboxylic acid groups (broad SMARTS) is 1. The van der Waals surface area contributed by atoms with E-state index < -0.39 is 18.2 Å². The minimum absolute atomic E-state index is 0.0570. The highest BCUT2D eigenvalue weighted by Crippen LogP contribution is 2.00. The predicted molar refractivity (Wildman–Crippen MR) is 89.3 cm³/mol. The number of guanidine groups is 1. The van der Waals surface area contributed by atoms with Gasteiger partial charge in [-0.2, -0.15) is 0 Å². The first-order valence-corrected chi connectivity index (χ1v) is 7.45. The van der Waals surface area contributed by atoms with Gasteiger partial charge >= 0.3 is 5.97 Å². The Morgan fingerprint density at radius 2 is 1.88 bits per heavy atom. The van der Waals surface area contributed by atoms with Gasteiger partial charge in [0, 0.05) is 12.1 Å². The molecule has 2 unspecified atom stereocenters. The zero-order valence-corrected chi connectivity index (χ0v) is 13.2. The third-order valence-corrected chi connectivity index (χ3v) is 3.13. The van der Waals surface area contributed by atoms with Crippen molar-refractivity contribution in [3.63, 3.8) is 0 Å². The van der Waals surface area contributed by atoms with Crippen molar-refractivity contribution >= 4 is 17.8 Å². The molecule has 0 spiro atoms. The number of aliphatic imine (C=N–C) groups is 1. The number of carboxylic acids is 1. The van der Waals surface area contributed by atoms with Gasteiger partial charge < -0.3 is 27.0 Å². The number of hydrogen-bond donors (Lipinski definition) is 6. The van der Waals surface area contributed by atoms with Gasteiger partial charge in [-0.15, -0.1) is 0 Å². The monoisotopic (exact) mass is 337 g/mol. The molecule has 9 heteroatoms. The number of aliphatic carboxylic acids is 1. The summed E-state index contributed by atoms with van der Waals surface area (Å²) in [5, 5.41) is 24.1. The van der Waals surface area contributed by atoms with Crippen molar-refractivity contribution in [2.45, 2.75) is 25.1 Å². The van der Waals surface area contributed by atoms with Crippen molar-refractivity contribution in [2.24, 2.45) is 16.5 Å². The van der Waals surface area contributed by atoms with Crippen LogP contribution in [0.2, 0.25) is 0 Å². The van der Waals surface area contributed by atoms with Crippen LogP contribution in [-0.4, -0.2) is 53.4 Å². The Labute approximate surface area is 139 Å². The maximum absolute atomic E-state index is 11.8. The van der Waals surface area contributed by atoms with Crippen LogP contribution >= 0.6 is 0 Å². The van der Waals surface area contributed by atoms with E-state index in [-0.39, 0.29) is 24.8 Å². The van der Waals surface area contributed by atoms with E-state index in [1.165, 1.54) is 0 Å². The number of amides is 1. The molecule has 1 aromatic rings. The highest BCUT2D eigenvalue weighted by molar-refractivity contribution is 5.94. The number of hydrogen-bond acceptors (Lipinski definition) is 5. The SMILES string of the molecule is NC(N)=NCCCC(NC(O)CNC(=O)c1ccccc1)C(=O)O. The van der Waals surface area contributed by atoms with E-state index in [1.807, 2.05) is 0 Å². The van der Waals surface area contributed by atoms with Crippen LogP contribution in [0.4, 0.5) is 0 Å². The lowest BCUT2D eigenvalue weighted by Gasteiger charge is -2.19. The minimum atomic E-state index is -1.19. The minimum Gasteiger partial charge on any atom is -0.480 e. The fourth-order valence-corrected chi connectivity index (χ4v) is 1.95. The maximum Gasteiger partial charge on any atom is 0.320 e. The number of carbonyl (C=O) groups is 2. The van der Waals surface area contributed by atoms with Crippen molar-refractivity contribution in [3.05, 3.63) is 35.9 Å². The normalized spacial score (nSPS) is 12.9. The summed E-state index contributed by atoms with van der Waals surface area (Å²) in [6.45, 7) is 0.181.